The number of ether oxygens (including phenoxy) is 1. The van der Waals surface area contributed by atoms with Crippen molar-refractivity contribution in [2.45, 2.75) is 31.9 Å². The van der Waals surface area contributed by atoms with Crippen LogP contribution < -0.4 is 0 Å². The Bertz CT molecular complexity index is 875. The van der Waals surface area contributed by atoms with Crippen molar-refractivity contribution in [2.24, 2.45) is 0 Å². The number of hydrogen-bond donors (Lipinski definition) is 1. The van der Waals surface area contributed by atoms with Gasteiger partial charge in [0.15, 0.2) is 0 Å². The molecule has 3 rings (SSSR count). The van der Waals surface area contributed by atoms with Crippen LogP contribution in [0.2, 0.25) is 0 Å². The molecule has 1 N–H and O–H groups in total. The highest BCUT2D eigenvalue weighted by Crippen LogP contribution is 2.29. The van der Waals surface area contributed by atoms with Gasteiger partial charge in [-0.15, -0.1) is 11.3 Å². The molecule has 1 aliphatic rings. The number of hydrogen-bond acceptors (Lipinski definition) is 6. The first-order valence-corrected chi connectivity index (χ1v) is 10.1. The van der Waals surface area contributed by atoms with Crippen molar-refractivity contribution in [3.8, 4) is 0 Å². The van der Waals surface area contributed by atoms with Gasteiger partial charge in [-0.1, -0.05) is 12.1 Å². The van der Waals surface area contributed by atoms with Crippen LogP contribution in [0.4, 0.5) is 22.0 Å². The lowest BCUT2D eigenvalue weighted by atomic mass is 10.1. The summed E-state index contributed by atoms with van der Waals surface area (Å²) in [6.45, 7) is -1.08. The Hall–Kier alpha value is -2.15. The van der Waals surface area contributed by atoms with Gasteiger partial charge in [-0.3, -0.25) is 9.80 Å². The Kier molecular flexibility index (Phi) is 7.57. The van der Waals surface area contributed by atoms with Gasteiger partial charge < -0.3 is 9.84 Å². The van der Waals surface area contributed by atoms with Crippen LogP contribution in [-0.2, 0) is 24.0 Å². The van der Waals surface area contributed by atoms with Crippen molar-refractivity contribution in [3.63, 3.8) is 0 Å². The van der Waals surface area contributed by atoms with E-state index in [1.807, 2.05) is 9.80 Å². The third kappa shape index (κ3) is 6.66. The predicted octanol–water partition coefficient (Wildman–Crippen LogP) is 3.79. The summed E-state index contributed by atoms with van der Waals surface area (Å²) in [5.41, 5.74) is -0.0468. The van der Waals surface area contributed by atoms with Gasteiger partial charge in [0.05, 0.1) is 24.9 Å². The molecule has 0 saturated carbocycles. The van der Waals surface area contributed by atoms with Crippen LogP contribution in [0.5, 0.6) is 0 Å². The lowest BCUT2D eigenvalue weighted by Gasteiger charge is -2.41. The number of rotatable bonds is 8. The van der Waals surface area contributed by atoms with Gasteiger partial charge >= 0.3 is 18.8 Å². The maximum absolute atomic E-state index is 12.7. The number of carboxylic acids is 1. The third-order valence-corrected chi connectivity index (χ3v) is 5.86. The number of halogens is 5. The molecule has 2 aromatic rings. The van der Waals surface area contributed by atoms with E-state index in [9.17, 15) is 26.7 Å². The summed E-state index contributed by atoms with van der Waals surface area (Å²) in [5, 5.41) is 9.57. The van der Waals surface area contributed by atoms with Gasteiger partial charge in [0.1, 0.15) is 9.88 Å². The van der Waals surface area contributed by atoms with Crippen molar-refractivity contribution >= 4 is 17.3 Å². The van der Waals surface area contributed by atoms with Gasteiger partial charge in [-0.2, -0.15) is 22.0 Å². The highest BCUT2D eigenvalue weighted by Gasteiger charge is 2.31. The third-order valence-electron chi connectivity index (χ3n) is 4.89. The van der Waals surface area contributed by atoms with Crippen molar-refractivity contribution in [2.75, 3.05) is 26.2 Å². The molecule has 12 heteroatoms. The fourth-order valence-electron chi connectivity index (χ4n) is 3.36. The highest BCUT2D eigenvalue weighted by molar-refractivity contribution is 7.13. The average Bonchev–Trinajstić information content (AvgIpc) is 3.16. The summed E-state index contributed by atoms with van der Waals surface area (Å²) < 4.78 is 67.8. The maximum atomic E-state index is 12.7. The fraction of sp³-hybridized carbons (Fsp3) is 0.474. The molecule has 0 amide bonds. The summed E-state index contributed by atoms with van der Waals surface area (Å²) in [6, 6.07) is 4.44. The molecule has 1 atom stereocenters. The molecule has 2 heterocycles. The minimum absolute atomic E-state index is 0.0938. The number of piperazine rings is 1. The number of nitrogens with zero attached hydrogens (tertiary/aromatic N) is 3. The van der Waals surface area contributed by atoms with E-state index in [2.05, 4.69) is 9.72 Å². The van der Waals surface area contributed by atoms with E-state index in [1.165, 1.54) is 18.3 Å². The summed E-state index contributed by atoms with van der Waals surface area (Å²) in [6.07, 6.45) is -3.15. The number of carboxylic acid groups (broad SMARTS) is 1. The zero-order valence-electron chi connectivity index (χ0n) is 16.2. The molecule has 1 fully saturated rings. The van der Waals surface area contributed by atoms with Crippen LogP contribution in [0, 0.1) is 0 Å². The maximum Gasteiger partial charge on any atom is 0.416 e. The Morgan fingerprint density at radius 1 is 1.23 bits per heavy atom. The van der Waals surface area contributed by atoms with E-state index in [1.54, 1.807) is 0 Å². The van der Waals surface area contributed by atoms with Gasteiger partial charge in [0, 0.05) is 32.2 Å². The van der Waals surface area contributed by atoms with E-state index < -0.39 is 30.4 Å². The van der Waals surface area contributed by atoms with Crippen molar-refractivity contribution < 1.29 is 36.6 Å². The number of carbonyl (C=O) groups is 1. The van der Waals surface area contributed by atoms with Crippen LogP contribution in [0.3, 0.4) is 0 Å². The first kappa shape index (κ1) is 23.5. The molecule has 0 bridgehead atoms. The fourth-order valence-corrected chi connectivity index (χ4v) is 4.15. The molecule has 1 aromatic carbocycles. The lowest BCUT2D eigenvalue weighted by Crippen LogP contribution is -2.54. The Labute approximate surface area is 178 Å². The molecule has 6 nitrogen and oxygen atoms in total. The van der Waals surface area contributed by atoms with Crippen LogP contribution in [0.25, 0.3) is 0 Å². The SMILES string of the molecule is O=C(O)c1cnc(CN2CCN(Cc3ccc(C(F)(F)F)cc3)C[C@H]2COC(F)F)s1. The second-order valence-corrected chi connectivity index (χ2v) is 8.19. The summed E-state index contributed by atoms with van der Waals surface area (Å²) in [7, 11) is 0. The van der Waals surface area contributed by atoms with Gasteiger partial charge in [-0.25, -0.2) is 9.78 Å². The number of aromatic carboxylic acids is 1. The summed E-state index contributed by atoms with van der Waals surface area (Å²) in [4.78, 5) is 19.1. The zero-order chi connectivity index (χ0) is 22.6. The Morgan fingerprint density at radius 2 is 1.94 bits per heavy atom. The van der Waals surface area contributed by atoms with Gasteiger partial charge in [0.25, 0.3) is 0 Å². The number of alkyl halides is 5. The summed E-state index contributed by atoms with van der Waals surface area (Å²) in [5.74, 6) is -1.08. The standard InChI is InChI=1S/C19H20F5N3O3S/c20-18(21)30-11-14-9-26(8-12-1-3-13(4-2-12)19(22,23)24)5-6-27(14)10-16-25-7-15(31-16)17(28)29/h1-4,7,14,18H,5-6,8-11H2,(H,28,29)/t14-/m0/s1. The smallest absolute Gasteiger partial charge is 0.416 e. The van der Waals surface area contributed by atoms with Crippen LogP contribution in [0.15, 0.2) is 30.5 Å². The number of benzene rings is 1. The zero-order valence-corrected chi connectivity index (χ0v) is 17.0. The lowest BCUT2D eigenvalue weighted by molar-refractivity contribution is -0.147. The second kappa shape index (κ2) is 9.98. The topological polar surface area (TPSA) is 65.9 Å². The van der Waals surface area contributed by atoms with Crippen LogP contribution in [0.1, 0.15) is 25.8 Å². The summed E-state index contributed by atoms with van der Waals surface area (Å²) >= 11 is 1.02. The van der Waals surface area contributed by atoms with E-state index in [0.717, 1.165) is 23.5 Å². The predicted molar refractivity (Wildman–Crippen MR) is 102 cm³/mol. The quantitative estimate of drug-likeness (QED) is 0.599. The van der Waals surface area contributed by atoms with Crippen molar-refractivity contribution in [1.82, 2.24) is 14.8 Å². The van der Waals surface area contributed by atoms with E-state index >= 15 is 0 Å². The monoisotopic (exact) mass is 465 g/mol. The van der Waals surface area contributed by atoms with E-state index in [4.69, 9.17) is 5.11 Å². The molecule has 0 unspecified atom stereocenters. The minimum Gasteiger partial charge on any atom is -0.477 e. The molecule has 170 valence electrons. The molecule has 1 aliphatic heterocycles. The molecule has 0 spiro atoms. The highest BCUT2D eigenvalue weighted by atomic mass is 32.1. The molecule has 1 saturated heterocycles. The largest absolute Gasteiger partial charge is 0.477 e. The molecular formula is C19H20F5N3O3S. The van der Waals surface area contributed by atoms with Gasteiger partial charge in [-0.05, 0) is 17.7 Å². The van der Waals surface area contributed by atoms with E-state index in [0.29, 0.717) is 43.3 Å². The molecule has 1 aromatic heterocycles. The van der Waals surface area contributed by atoms with Gasteiger partial charge in [0.2, 0.25) is 0 Å². The first-order valence-electron chi connectivity index (χ1n) is 9.32. The van der Waals surface area contributed by atoms with Crippen LogP contribution in [-0.4, -0.2) is 64.8 Å². The Morgan fingerprint density at radius 3 is 2.52 bits per heavy atom. The molecule has 31 heavy (non-hydrogen) atoms. The number of thiazole rings is 1. The minimum atomic E-state index is -4.40. The Balaban J connectivity index is 1.64. The molecular weight excluding hydrogens is 445 g/mol. The molecule has 0 aliphatic carbocycles. The van der Waals surface area contributed by atoms with Crippen molar-refractivity contribution in [1.29, 1.82) is 0 Å². The first-order chi connectivity index (χ1) is 14.6. The van der Waals surface area contributed by atoms with Crippen LogP contribution >= 0.6 is 11.3 Å². The number of aromatic nitrogens is 1. The normalized spacial score (nSPS) is 18.6. The molecule has 0 radical (unpaired) electrons. The van der Waals surface area contributed by atoms with Crippen molar-refractivity contribution in [3.05, 3.63) is 51.5 Å². The van der Waals surface area contributed by atoms with E-state index in [-0.39, 0.29) is 11.5 Å². The second-order valence-electron chi connectivity index (χ2n) is 7.07. The average molecular weight is 465 g/mol.